The van der Waals surface area contributed by atoms with Crippen molar-refractivity contribution in [3.63, 3.8) is 0 Å². The number of hydrogen-bond donors (Lipinski definition) is 2. The minimum Gasteiger partial charge on any atom is -0.507 e. The fourth-order valence-electron chi connectivity index (χ4n) is 2.57. The summed E-state index contributed by atoms with van der Waals surface area (Å²) in [6.45, 7) is 6.47. The van der Waals surface area contributed by atoms with Crippen LogP contribution in [0.15, 0.2) is 18.2 Å². The van der Waals surface area contributed by atoms with E-state index in [1.54, 1.807) is 12.1 Å². The summed E-state index contributed by atoms with van der Waals surface area (Å²) < 4.78 is 0. The largest absolute Gasteiger partial charge is 0.507 e. The average molecular weight is 262 g/mol. The first-order chi connectivity index (χ1) is 9.11. The lowest BCUT2D eigenvalue weighted by atomic mass is 10.0. The predicted molar refractivity (Wildman–Crippen MR) is 75.4 cm³/mol. The van der Waals surface area contributed by atoms with Crippen molar-refractivity contribution in [1.29, 1.82) is 0 Å². The number of nitrogens with one attached hydrogen (secondary N) is 1. The molecule has 1 aromatic rings. The van der Waals surface area contributed by atoms with E-state index in [0.717, 1.165) is 38.0 Å². The lowest BCUT2D eigenvalue weighted by Gasteiger charge is -2.32. The third kappa shape index (κ3) is 3.26. The number of benzene rings is 1. The van der Waals surface area contributed by atoms with Crippen LogP contribution in [0.5, 0.6) is 5.75 Å². The van der Waals surface area contributed by atoms with Crippen molar-refractivity contribution >= 4 is 5.91 Å². The Hall–Kier alpha value is -1.55. The number of phenolic OH excluding ortho intramolecular Hbond substituents is 1. The molecule has 4 nitrogen and oxygen atoms in total. The van der Waals surface area contributed by atoms with Crippen molar-refractivity contribution in [2.24, 2.45) is 0 Å². The maximum Gasteiger partial charge on any atom is 0.257 e. The quantitative estimate of drug-likeness (QED) is 0.875. The van der Waals surface area contributed by atoms with Gasteiger partial charge in [0.2, 0.25) is 0 Å². The van der Waals surface area contributed by atoms with Gasteiger partial charge < -0.3 is 15.3 Å². The number of aromatic hydroxyl groups is 1. The van der Waals surface area contributed by atoms with Gasteiger partial charge in [-0.2, -0.15) is 0 Å². The van der Waals surface area contributed by atoms with Gasteiger partial charge in [-0.05, 0) is 44.0 Å². The Balaban J connectivity index is 2.01. The SMILES string of the molecule is CCNC1CCN(C(=O)c2ccc(C)cc2O)CC1. The number of rotatable bonds is 3. The molecule has 0 aromatic heterocycles. The number of carbonyl (C=O) groups is 1. The van der Waals surface area contributed by atoms with E-state index in [2.05, 4.69) is 12.2 Å². The molecule has 1 fully saturated rings. The number of aryl methyl sites for hydroxylation is 1. The van der Waals surface area contributed by atoms with Gasteiger partial charge in [0.25, 0.3) is 5.91 Å². The van der Waals surface area contributed by atoms with E-state index in [1.165, 1.54) is 0 Å². The third-order valence-corrected chi connectivity index (χ3v) is 3.66. The van der Waals surface area contributed by atoms with E-state index in [1.807, 2.05) is 17.9 Å². The van der Waals surface area contributed by atoms with Gasteiger partial charge in [0, 0.05) is 19.1 Å². The minimum atomic E-state index is -0.0625. The molecule has 0 bridgehead atoms. The summed E-state index contributed by atoms with van der Waals surface area (Å²) in [7, 11) is 0. The molecule has 1 aliphatic heterocycles. The first-order valence-electron chi connectivity index (χ1n) is 6.94. The molecule has 4 heteroatoms. The maximum atomic E-state index is 12.3. The smallest absolute Gasteiger partial charge is 0.257 e. The minimum absolute atomic E-state index is 0.0625. The number of carbonyl (C=O) groups excluding carboxylic acids is 1. The first-order valence-corrected chi connectivity index (χ1v) is 6.94. The Labute approximate surface area is 114 Å². The highest BCUT2D eigenvalue weighted by atomic mass is 16.3. The molecule has 0 spiro atoms. The molecule has 1 aliphatic rings. The van der Waals surface area contributed by atoms with Crippen LogP contribution in [0.25, 0.3) is 0 Å². The normalized spacial score (nSPS) is 16.6. The van der Waals surface area contributed by atoms with Gasteiger partial charge in [0.1, 0.15) is 5.75 Å². The molecule has 19 heavy (non-hydrogen) atoms. The summed E-state index contributed by atoms with van der Waals surface area (Å²) in [6.07, 6.45) is 1.96. The Bertz CT molecular complexity index is 451. The van der Waals surface area contributed by atoms with Crippen LogP contribution in [0.4, 0.5) is 0 Å². The Morgan fingerprint density at radius 2 is 2.11 bits per heavy atom. The standard InChI is InChI=1S/C15H22N2O2/c1-3-16-12-6-8-17(9-7-12)15(19)13-5-4-11(2)10-14(13)18/h4-5,10,12,16,18H,3,6-9H2,1-2H3. The molecule has 2 rings (SSSR count). The van der Waals surface area contributed by atoms with Crippen LogP contribution in [-0.4, -0.2) is 41.6 Å². The number of phenols is 1. The fraction of sp³-hybridized carbons (Fsp3) is 0.533. The molecule has 2 N–H and O–H groups in total. The second kappa shape index (κ2) is 6.06. The lowest BCUT2D eigenvalue weighted by molar-refractivity contribution is 0.0703. The van der Waals surface area contributed by atoms with Crippen molar-refractivity contribution in [2.45, 2.75) is 32.7 Å². The zero-order valence-corrected chi connectivity index (χ0v) is 11.6. The van der Waals surface area contributed by atoms with E-state index < -0.39 is 0 Å². The number of hydrogen-bond acceptors (Lipinski definition) is 3. The van der Waals surface area contributed by atoms with Gasteiger partial charge in [0.05, 0.1) is 5.56 Å². The summed E-state index contributed by atoms with van der Waals surface area (Å²) in [6, 6.07) is 5.72. The monoisotopic (exact) mass is 262 g/mol. The Morgan fingerprint density at radius 1 is 1.42 bits per heavy atom. The topological polar surface area (TPSA) is 52.6 Å². The molecule has 0 atom stereocenters. The van der Waals surface area contributed by atoms with E-state index in [9.17, 15) is 9.90 Å². The maximum absolute atomic E-state index is 12.3. The average Bonchev–Trinajstić information content (AvgIpc) is 2.39. The number of likely N-dealkylation sites (tertiary alicyclic amines) is 1. The van der Waals surface area contributed by atoms with Crippen LogP contribution in [0, 0.1) is 6.92 Å². The van der Waals surface area contributed by atoms with Crippen molar-refractivity contribution in [1.82, 2.24) is 10.2 Å². The van der Waals surface area contributed by atoms with Gasteiger partial charge in [0.15, 0.2) is 0 Å². The summed E-state index contributed by atoms with van der Waals surface area (Å²) >= 11 is 0. The highest BCUT2D eigenvalue weighted by Gasteiger charge is 2.24. The van der Waals surface area contributed by atoms with E-state index in [-0.39, 0.29) is 11.7 Å². The fourth-order valence-corrected chi connectivity index (χ4v) is 2.57. The summed E-state index contributed by atoms with van der Waals surface area (Å²) in [5, 5.41) is 13.3. The van der Waals surface area contributed by atoms with Crippen LogP contribution >= 0.6 is 0 Å². The first kappa shape index (κ1) is 13.9. The van der Waals surface area contributed by atoms with Crippen LogP contribution in [0.2, 0.25) is 0 Å². The van der Waals surface area contributed by atoms with Gasteiger partial charge >= 0.3 is 0 Å². The second-order valence-corrected chi connectivity index (χ2v) is 5.14. The van der Waals surface area contributed by atoms with Crippen LogP contribution < -0.4 is 5.32 Å². The molecular formula is C15H22N2O2. The second-order valence-electron chi connectivity index (χ2n) is 5.14. The predicted octanol–water partition coefficient (Wildman–Crippen LogP) is 1.91. The molecule has 0 aliphatic carbocycles. The van der Waals surface area contributed by atoms with Crippen LogP contribution in [-0.2, 0) is 0 Å². The van der Waals surface area contributed by atoms with E-state index in [0.29, 0.717) is 11.6 Å². The molecule has 104 valence electrons. The Kier molecular flexibility index (Phi) is 4.43. The summed E-state index contributed by atoms with van der Waals surface area (Å²) in [5.74, 6) is 0.0197. The molecule has 0 unspecified atom stereocenters. The summed E-state index contributed by atoms with van der Waals surface area (Å²) in [5.41, 5.74) is 1.37. The van der Waals surface area contributed by atoms with E-state index in [4.69, 9.17) is 0 Å². The van der Waals surface area contributed by atoms with Crippen LogP contribution in [0.1, 0.15) is 35.7 Å². The van der Waals surface area contributed by atoms with Gasteiger partial charge in [-0.3, -0.25) is 4.79 Å². The van der Waals surface area contributed by atoms with Crippen molar-refractivity contribution in [3.05, 3.63) is 29.3 Å². The molecule has 0 radical (unpaired) electrons. The highest BCUT2D eigenvalue weighted by molar-refractivity contribution is 5.97. The van der Waals surface area contributed by atoms with Gasteiger partial charge in [-0.15, -0.1) is 0 Å². The molecule has 1 aromatic carbocycles. The molecule has 0 saturated carbocycles. The zero-order chi connectivity index (χ0) is 13.8. The molecular weight excluding hydrogens is 240 g/mol. The number of amides is 1. The third-order valence-electron chi connectivity index (χ3n) is 3.66. The summed E-state index contributed by atoms with van der Waals surface area (Å²) in [4.78, 5) is 14.2. The van der Waals surface area contributed by atoms with E-state index >= 15 is 0 Å². The van der Waals surface area contributed by atoms with Crippen LogP contribution in [0.3, 0.4) is 0 Å². The number of piperidine rings is 1. The highest BCUT2D eigenvalue weighted by Crippen LogP contribution is 2.22. The molecule has 1 saturated heterocycles. The van der Waals surface area contributed by atoms with Crippen molar-refractivity contribution in [3.8, 4) is 5.75 Å². The van der Waals surface area contributed by atoms with Gasteiger partial charge in [-0.25, -0.2) is 0 Å². The molecule has 1 heterocycles. The molecule has 1 amide bonds. The number of nitrogens with zero attached hydrogens (tertiary/aromatic N) is 1. The zero-order valence-electron chi connectivity index (χ0n) is 11.6. The van der Waals surface area contributed by atoms with Gasteiger partial charge in [-0.1, -0.05) is 13.0 Å². The van der Waals surface area contributed by atoms with Crippen molar-refractivity contribution in [2.75, 3.05) is 19.6 Å². The lowest BCUT2D eigenvalue weighted by Crippen LogP contribution is -2.44. The van der Waals surface area contributed by atoms with Crippen molar-refractivity contribution < 1.29 is 9.90 Å². The Morgan fingerprint density at radius 3 is 2.68 bits per heavy atom.